The van der Waals surface area contributed by atoms with E-state index < -0.39 is 0 Å². The third-order valence-corrected chi connectivity index (χ3v) is 6.62. The van der Waals surface area contributed by atoms with E-state index in [4.69, 9.17) is 16.1 Å². The van der Waals surface area contributed by atoms with Crippen LogP contribution in [0.3, 0.4) is 0 Å². The van der Waals surface area contributed by atoms with Gasteiger partial charge in [0.1, 0.15) is 6.54 Å². The number of piperidine rings is 1. The van der Waals surface area contributed by atoms with Gasteiger partial charge in [-0.2, -0.15) is 4.98 Å². The van der Waals surface area contributed by atoms with Gasteiger partial charge < -0.3 is 9.42 Å². The van der Waals surface area contributed by atoms with Crippen molar-refractivity contribution in [2.24, 2.45) is 11.8 Å². The fourth-order valence-electron chi connectivity index (χ4n) is 4.77. The minimum atomic E-state index is -0.134. The molecule has 0 radical (unpaired) electrons. The quantitative estimate of drug-likeness (QED) is 0.487. The van der Waals surface area contributed by atoms with Crippen LogP contribution < -0.4 is 10.5 Å². The van der Waals surface area contributed by atoms with Crippen LogP contribution in [0.5, 0.6) is 0 Å². The average Bonchev–Trinajstić information content (AvgIpc) is 3.09. The normalized spacial score (nSPS) is 22.1. The molecule has 1 aliphatic carbocycles. The van der Waals surface area contributed by atoms with Crippen LogP contribution >= 0.6 is 11.6 Å². The number of pyridine rings is 1. The number of halogens is 1. The van der Waals surface area contributed by atoms with Crippen molar-refractivity contribution in [1.82, 2.24) is 24.7 Å². The molecule has 9 heteroatoms. The van der Waals surface area contributed by atoms with Gasteiger partial charge in [0, 0.05) is 35.9 Å². The van der Waals surface area contributed by atoms with E-state index >= 15 is 0 Å². The largest absolute Gasteiger partial charge is 0.371 e. The minimum absolute atomic E-state index is 0.134. The van der Waals surface area contributed by atoms with Crippen LogP contribution in [0, 0.1) is 18.8 Å². The molecule has 0 unspecified atom stereocenters. The Labute approximate surface area is 182 Å². The molecule has 1 aliphatic heterocycles. The van der Waals surface area contributed by atoms with Crippen molar-refractivity contribution in [3.63, 3.8) is 0 Å². The zero-order valence-corrected chi connectivity index (χ0v) is 17.5. The van der Waals surface area contributed by atoms with Crippen molar-refractivity contribution in [2.45, 2.75) is 19.4 Å². The van der Waals surface area contributed by atoms with E-state index in [1.165, 1.54) is 10.9 Å². The Morgan fingerprint density at radius 1 is 1.23 bits per heavy atom. The number of aryl methyl sites for hydroxylation is 1. The van der Waals surface area contributed by atoms with Crippen LogP contribution in [0.1, 0.15) is 23.2 Å². The van der Waals surface area contributed by atoms with Crippen LogP contribution in [0.4, 0.5) is 5.69 Å². The molecular formula is C22H19ClN6O2. The van der Waals surface area contributed by atoms with E-state index in [0.717, 1.165) is 35.2 Å². The van der Waals surface area contributed by atoms with Gasteiger partial charge >= 0.3 is 0 Å². The lowest BCUT2D eigenvalue weighted by Gasteiger charge is -2.21. The molecule has 3 atom stereocenters. The fraction of sp³-hybridized carbons (Fsp3) is 0.318. The standard InChI is InChI=1S/C22H19ClN6O2/c1-12-6-24-7-17-19(12)22(30)29(11-25-17)10-18-26-21(27-31-18)20-15-8-28(9-16(15)20)14-4-2-3-13(23)5-14/h2-7,11,15-16,20H,8-10H2,1H3/t15-,16+,20+. The fourth-order valence-corrected chi connectivity index (χ4v) is 4.96. The lowest BCUT2D eigenvalue weighted by Crippen LogP contribution is -2.23. The first-order valence-corrected chi connectivity index (χ1v) is 10.6. The monoisotopic (exact) mass is 434 g/mol. The van der Waals surface area contributed by atoms with Crippen LogP contribution in [0.2, 0.25) is 5.02 Å². The molecule has 2 aliphatic rings. The molecule has 31 heavy (non-hydrogen) atoms. The third kappa shape index (κ3) is 3.09. The Bertz CT molecular complexity index is 1350. The lowest BCUT2D eigenvalue weighted by atomic mass is 10.2. The third-order valence-electron chi connectivity index (χ3n) is 6.38. The first-order chi connectivity index (χ1) is 15.1. The van der Waals surface area contributed by atoms with Gasteiger partial charge in [-0.3, -0.25) is 14.3 Å². The van der Waals surface area contributed by atoms with Crippen molar-refractivity contribution in [1.29, 1.82) is 0 Å². The number of hydrogen-bond acceptors (Lipinski definition) is 7. The molecule has 2 fully saturated rings. The molecule has 3 aromatic heterocycles. The summed E-state index contributed by atoms with van der Waals surface area (Å²) in [6, 6.07) is 7.96. The highest BCUT2D eigenvalue weighted by molar-refractivity contribution is 6.30. The summed E-state index contributed by atoms with van der Waals surface area (Å²) in [6.07, 6.45) is 4.76. The Kier molecular flexibility index (Phi) is 4.11. The number of rotatable bonds is 4. The van der Waals surface area contributed by atoms with Gasteiger partial charge in [0.15, 0.2) is 5.82 Å². The molecule has 1 saturated heterocycles. The molecule has 1 saturated carbocycles. The zero-order chi connectivity index (χ0) is 21.1. The van der Waals surface area contributed by atoms with Crippen molar-refractivity contribution >= 4 is 28.2 Å². The van der Waals surface area contributed by atoms with Crippen molar-refractivity contribution in [3.05, 3.63) is 75.6 Å². The van der Waals surface area contributed by atoms with Gasteiger partial charge in [-0.1, -0.05) is 22.8 Å². The summed E-state index contributed by atoms with van der Waals surface area (Å²) in [4.78, 5) is 28.2. The van der Waals surface area contributed by atoms with Crippen molar-refractivity contribution < 1.29 is 4.52 Å². The summed E-state index contributed by atoms with van der Waals surface area (Å²) in [5.74, 6) is 2.50. The van der Waals surface area contributed by atoms with Gasteiger partial charge in [-0.15, -0.1) is 0 Å². The highest BCUT2D eigenvalue weighted by atomic mass is 35.5. The van der Waals surface area contributed by atoms with E-state index in [1.54, 1.807) is 12.4 Å². The van der Waals surface area contributed by atoms with E-state index in [2.05, 4.69) is 31.1 Å². The Morgan fingerprint density at radius 3 is 2.87 bits per heavy atom. The molecule has 6 rings (SSSR count). The molecule has 156 valence electrons. The maximum atomic E-state index is 12.9. The second-order valence-electron chi connectivity index (χ2n) is 8.31. The summed E-state index contributed by atoms with van der Waals surface area (Å²) < 4.78 is 6.97. The van der Waals surface area contributed by atoms with Gasteiger partial charge in [0.2, 0.25) is 5.89 Å². The molecule has 0 spiro atoms. The first kappa shape index (κ1) is 18.5. The average molecular weight is 435 g/mol. The van der Waals surface area contributed by atoms with Crippen molar-refractivity contribution in [2.75, 3.05) is 18.0 Å². The number of aromatic nitrogens is 5. The van der Waals surface area contributed by atoms with Gasteiger partial charge in [0.25, 0.3) is 5.56 Å². The number of nitrogens with zero attached hydrogens (tertiary/aromatic N) is 6. The summed E-state index contributed by atoms with van der Waals surface area (Å²) in [6.45, 7) is 3.97. The Morgan fingerprint density at radius 2 is 2.06 bits per heavy atom. The van der Waals surface area contributed by atoms with Gasteiger partial charge in [-0.05, 0) is 42.5 Å². The summed E-state index contributed by atoms with van der Waals surface area (Å²) in [7, 11) is 0. The highest BCUT2D eigenvalue weighted by Gasteiger charge is 2.58. The molecule has 0 amide bonds. The summed E-state index contributed by atoms with van der Waals surface area (Å²) in [5.41, 5.74) is 2.40. The lowest BCUT2D eigenvalue weighted by molar-refractivity contribution is 0.363. The molecule has 4 aromatic rings. The molecule has 4 heterocycles. The second kappa shape index (κ2) is 6.88. The van der Waals surface area contributed by atoms with Gasteiger partial charge in [-0.25, -0.2) is 4.98 Å². The highest BCUT2D eigenvalue weighted by Crippen LogP contribution is 2.57. The Balaban J connectivity index is 1.18. The van der Waals surface area contributed by atoms with Crippen LogP contribution in [-0.4, -0.2) is 37.8 Å². The van der Waals surface area contributed by atoms with E-state index in [9.17, 15) is 4.79 Å². The smallest absolute Gasteiger partial charge is 0.262 e. The van der Waals surface area contributed by atoms with Crippen LogP contribution in [-0.2, 0) is 6.54 Å². The van der Waals surface area contributed by atoms with E-state index in [0.29, 0.717) is 34.5 Å². The molecular weight excluding hydrogens is 416 g/mol. The topological polar surface area (TPSA) is 89.9 Å². The predicted octanol–water partition coefficient (Wildman–Crippen LogP) is 3.03. The molecule has 0 N–H and O–H groups in total. The minimum Gasteiger partial charge on any atom is -0.371 e. The zero-order valence-electron chi connectivity index (χ0n) is 16.8. The van der Waals surface area contributed by atoms with Gasteiger partial charge in [0.05, 0.1) is 23.4 Å². The molecule has 1 aromatic carbocycles. The van der Waals surface area contributed by atoms with Crippen LogP contribution in [0.15, 0.2) is 52.3 Å². The maximum Gasteiger partial charge on any atom is 0.262 e. The number of hydrogen-bond donors (Lipinski definition) is 0. The summed E-state index contributed by atoms with van der Waals surface area (Å²) in [5, 5.41) is 5.52. The second-order valence-corrected chi connectivity index (χ2v) is 8.75. The van der Waals surface area contributed by atoms with E-state index in [1.807, 2.05) is 25.1 Å². The van der Waals surface area contributed by atoms with Crippen molar-refractivity contribution in [3.8, 4) is 0 Å². The first-order valence-electron chi connectivity index (χ1n) is 10.2. The Hall–Kier alpha value is -3.26. The molecule has 8 nitrogen and oxygen atoms in total. The predicted molar refractivity (Wildman–Crippen MR) is 115 cm³/mol. The number of benzene rings is 1. The maximum absolute atomic E-state index is 12.9. The molecule has 0 bridgehead atoms. The number of fused-ring (bicyclic) bond motifs is 2. The summed E-state index contributed by atoms with van der Waals surface area (Å²) >= 11 is 6.13. The SMILES string of the molecule is Cc1cncc2ncn(Cc3nc([C@H]4[C@@H]5CN(c6cccc(Cl)c6)C[C@@H]54)no3)c(=O)c12. The number of anilines is 1. The van der Waals surface area contributed by atoms with Crippen LogP contribution in [0.25, 0.3) is 10.9 Å². The van der Waals surface area contributed by atoms with E-state index in [-0.39, 0.29) is 12.1 Å².